The standard InChI is InChI=1S/C39H40/c1-7-20-39(6,31-21-29-16-10-18-33(35(29)23-31)37-25(2)12-8-13-26(37)3)32-22-30-17-11-19-34(36(30)24-32)38-27(4)14-9-15-28(38)5/h8-19,23-24H,7,20-22H2,1-6H3. The van der Waals surface area contributed by atoms with Crippen LogP contribution in [0.15, 0.2) is 83.9 Å². The Morgan fingerprint density at radius 2 is 0.949 bits per heavy atom. The number of fused-ring (bicyclic) bond motifs is 2. The molecule has 0 aliphatic heterocycles. The van der Waals surface area contributed by atoms with E-state index < -0.39 is 0 Å². The number of allylic oxidation sites excluding steroid dienone is 2. The van der Waals surface area contributed by atoms with E-state index in [9.17, 15) is 0 Å². The highest BCUT2D eigenvalue weighted by Crippen LogP contribution is 2.51. The van der Waals surface area contributed by atoms with Gasteiger partial charge in [-0.15, -0.1) is 0 Å². The van der Waals surface area contributed by atoms with Gasteiger partial charge in [0.15, 0.2) is 0 Å². The first-order valence-corrected chi connectivity index (χ1v) is 14.6. The third-order valence-electron chi connectivity index (χ3n) is 9.46. The minimum Gasteiger partial charge on any atom is -0.0653 e. The summed E-state index contributed by atoms with van der Waals surface area (Å²) in [6, 6.07) is 27.2. The molecule has 196 valence electrons. The molecule has 0 unspecified atom stereocenters. The van der Waals surface area contributed by atoms with Crippen molar-refractivity contribution in [2.45, 2.75) is 67.2 Å². The van der Waals surface area contributed by atoms with Gasteiger partial charge in [0, 0.05) is 5.41 Å². The highest BCUT2D eigenvalue weighted by molar-refractivity contribution is 5.87. The van der Waals surface area contributed by atoms with E-state index in [-0.39, 0.29) is 5.41 Å². The molecule has 0 saturated carbocycles. The molecule has 6 rings (SSSR count). The summed E-state index contributed by atoms with van der Waals surface area (Å²) < 4.78 is 0. The summed E-state index contributed by atoms with van der Waals surface area (Å²) in [6.45, 7) is 13.8. The molecule has 0 aromatic heterocycles. The van der Waals surface area contributed by atoms with E-state index in [1.54, 1.807) is 11.1 Å². The maximum absolute atomic E-state index is 2.56. The molecule has 0 bridgehead atoms. The van der Waals surface area contributed by atoms with Gasteiger partial charge in [0.1, 0.15) is 0 Å². The summed E-state index contributed by atoms with van der Waals surface area (Å²) >= 11 is 0. The Balaban J connectivity index is 1.45. The third kappa shape index (κ3) is 4.22. The fourth-order valence-electron chi connectivity index (χ4n) is 7.39. The zero-order chi connectivity index (χ0) is 27.3. The lowest BCUT2D eigenvalue weighted by molar-refractivity contribution is 0.424. The molecule has 2 aliphatic rings. The first kappa shape index (κ1) is 25.6. The first-order chi connectivity index (χ1) is 18.8. The van der Waals surface area contributed by atoms with Gasteiger partial charge < -0.3 is 0 Å². The molecule has 4 aromatic carbocycles. The Kier molecular flexibility index (Phi) is 6.46. The minimum absolute atomic E-state index is 0.0445. The van der Waals surface area contributed by atoms with Gasteiger partial charge in [-0.2, -0.15) is 0 Å². The lowest BCUT2D eigenvalue weighted by Crippen LogP contribution is -2.22. The first-order valence-electron chi connectivity index (χ1n) is 14.6. The minimum atomic E-state index is 0.0445. The average molecular weight is 509 g/mol. The van der Waals surface area contributed by atoms with Crippen LogP contribution in [0.5, 0.6) is 0 Å². The zero-order valence-corrected chi connectivity index (χ0v) is 24.4. The summed E-state index contributed by atoms with van der Waals surface area (Å²) in [7, 11) is 0. The van der Waals surface area contributed by atoms with Gasteiger partial charge >= 0.3 is 0 Å². The van der Waals surface area contributed by atoms with E-state index in [1.807, 2.05) is 0 Å². The predicted molar refractivity (Wildman–Crippen MR) is 169 cm³/mol. The highest BCUT2D eigenvalue weighted by Gasteiger charge is 2.37. The summed E-state index contributed by atoms with van der Waals surface area (Å²) in [6.07, 6.45) is 9.55. The van der Waals surface area contributed by atoms with Gasteiger partial charge in [0.2, 0.25) is 0 Å². The van der Waals surface area contributed by atoms with Gasteiger partial charge in [0.25, 0.3) is 0 Å². The average Bonchev–Trinajstić information content (AvgIpc) is 3.55. The van der Waals surface area contributed by atoms with Crippen molar-refractivity contribution in [3.63, 3.8) is 0 Å². The Bertz CT molecular complexity index is 1500. The van der Waals surface area contributed by atoms with Crippen molar-refractivity contribution in [3.8, 4) is 22.3 Å². The van der Waals surface area contributed by atoms with E-state index in [1.165, 1.54) is 79.6 Å². The van der Waals surface area contributed by atoms with Crippen LogP contribution in [0.2, 0.25) is 0 Å². The Labute approximate surface area is 235 Å². The topological polar surface area (TPSA) is 0 Å². The Morgan fingerprint density at radius 1 is 0.564 bits per heavy atom. The fourth-order valence-corrected chi connectivity index (χ4v) is 7.39. The molecular formula is C39H40. The summed E-state index contributed by atoms with van der Waals surface area (Å²) in [5, 5.41) is 0. The van der Waals surface area contributed by atoms with Crippen LogP contribution >= 0.6 is 0 Å². The van der Waals surface area contributed by atoms with Crippen molar-refractivity contribution in [1.82, 2.24) is 0 Å². The van der Waals surface area contributed by atoms with Gasteiger partial charge in [-0.05, 0) is 114 Å². The highest BCUT2D eigenvalue weighted by atomic mass is 14.4. The quantitative estimate of drug-likeness (QED) is 0.243. The monoisotopic (exact) mass is 508 g/mol. The maximum atomic E-state index is 2.56. The molecule has 0 heteroatoms. The van der Waals surface area contributed by atoms with Crippen LogP contribution < -0.4 is 0 Å². The lowest BCUT2D eigenvalue weighted by atomic mass is 9.71. The SMILES string of the molecule is CCCC(C)(C1=Cc2c(cccc2-c2c(C)cccc2C)C1)C1=Cc2c(cccc2-c2c(C)cccc2C)C1. The molecule has 0 amide bonds. The molecule has 0 saturated heterocycles. The molecule has 0 spiro atoms. The smallest absolute Gasteiger partial charge is 0.0105 e. The molecule has 2 aliphatic carbocycles. The van der Waals surface area contributed by atoms with Gasteiger partial charge in [-0.1, -0.05) is 116 Å². The Morgan fingerprint density at radius 3 is 1.33 bits per heavy atom. The van der Waals surface area contributed by atoms with E-state index in [0.717, 1.165) is 12.8 Å². The van der Waals surface area contributed by atoms with Crippen molar-refractivity contribution in [2.75, 3.05) is 0 Å². The molecule has 0 fully saturated rings. The van der Waals surface area contributed by atoms with Crippen LogP contribution in [-0.4, -0.2) is 0 Å². The molecule has 39 heavy (non-hydrogen) atoms. The number of hydrogen-bond acceptors (Lipinski definition) is 0. The normalized spacial score (nSPS) is 14.2. The van der Waals surface area contributed by atoms with E-state index in [2.05, 4.69) is 126 Å². The molecule has 0 heterocycles. The van der Waals surface area contributed by atoms with Crippen LogP contribution in [0.1, 0.15) is 71.2 Å². The summed E-state index contributed by atoms with van der Waals surface area (Å²) in [4.78, 5) is 0. The number of benzene rings is 4. The molecule has 0 N–H and O–H groups in total. The molecule has 0 radical (unpaired) electrons. The zero-order valence-electron chi connectivity index (χ0n) is 24.4. The number of rotatable bonds is 6. The second-order valence-electron chi connectivity index (χ2n) is 12.1. The van der Waals surface area contributed by atoms with Crippen molar-refractivity contribution < 1.29 is 0 Å². The van der Waals surface area contributed by atoms with Crippen molar-refractivity contribution in [1.29, 1.82) is 0 Å². The molecular weight excluding hydrogens is 468 g/mol. The van der Waals surface area contributed by atoms with Crippen LogP contribution in [0.25, 0.3) is 34.4 Å². The second kappa shape index (κ2) is 9.83. The van der Waals surface area contributed by atoms with Gasteiger partial charge in [0.05, 0.1) is 0 Å². The molecule has 0 nitrogen and oxygen atoms in total. The summed E-state index contributed by atoms with van der Waals surface area (Å²) in [5.41, 5.74) is 20.0. The summed E-state index contributed by atoms with van der Waals surface area (Å²) in [5.74, 6) is 0. The van der Waals surface area contributed by atoms with E-state index in [4.69, 9.17) is 0 Å². The van der Waals surface area contributed by atoms with Crippen molar-refractivity contribution in [2.24, 2.45) is 5.41 Å². The second-order valence-corrected chi connectivity index (χ2v) is 12.1. The molecule has 0 atom stereocenters. The van der Waals surface area contributed by atoms with E-state index in [0.29, 0.717) is 0 Å². The van der Waals surface area contributed by atoms with Crippen LogP contribution in [0.4, 0.5) is 0 Å². The largest absolute Gasteiger partial charge is 0.0653 e. The van der Waals surface area contributed by atoms with E-state index >= 15 is 0 Å². The maximum Gasteiger partial charge on any atom is 0.0105 e. The molecule has 4 aromatic rings. The fraction of sp³-hybridized carbons (Fsp3) is 0.282. The Hall–Kier alpha value is -3.64. The third-order valence-corrected chi connectivity index (χ3v) is 9.46. The van der Waals surface area contributed by atoms with Gasteiger partial charge in [-0.25, -0.2) is 0 Å². The number of aryl methyl sites for hydroxylation is 4. The van der Waals surface area contributed by atoms with Crippen molar-refractivity contribution >= 4 is 12.2 Å². The van der Waals surface area contributed by atoms with Crippen LogP contribution in [0, 0.1) is 33.1 Å². The van der Waals surface area contributed by atoms with Crippen molar-refractivity contribution in [3.05, 3.63) is 128 Å². The van der Waals surface area contributed by atoms with Crippen LogP contribution in [-0.2, 0) is 12.8 Å². The van der Waals surface area contributed by atoms with Gasteiger partial charge in [-0.3, -0.25) is 0 Å². The lowest BCUT2D eigenvalue weighted by Gasteiger charge is -2.33. The predicted octanol–water partition coefficient (Wildman–Crippen LogP) is 10.6. The van der Waals surface area contributed by atoms with Crippen LogP contribution in [0.3, 0.4) is 0 Å². The number of hydrogen-bond donors (Lipinski definition) is 0.